The van der Waals surface area contributed by atoms with Crippen LogP contribution in [0.5, 0.6) is 0 Å². The van der Waals surface area contributed by atoms with E-state index < -0.39 is 12.1 Å². The van der Waals surface area contributed by atoms with E-state index in [1.165, 1.54) is 64.2 Å². The van der Waals surface area contributed by atoms with Crippen molar-refractivity contribution in [1.29, 1.82) is 0 Å². The van der Waals surface area contributed by atoms with Gasteiger partial charge in [0.2, 0.25) is 0 Å². The van der Waals surface area contributed by atoms with Crippen LogP contribution in [0.4, 0.5) is 0 Å². The van der Waals surface area contributed by atoms with Gasteiger partial charge < -0.3 is 14.6 Å². The van der Waals surface area contributed by atoms with Crippen molar-refractivity contribution in [3.8, 4) is 0 Å². The van der Waals surface area contributed by atoms with Gasteiger partial charge in [0.25, 0.3) is 0 Å². The van der Waals surface area contributed by atoms with Crippen LogP contribution in [-0.4, -0.2) is 43.2 Å². The largest absolute Gasteiger partial charge is 0.550 e. The Morgan fingerprint density at radius 3 is 1.83 bits per heavy atom. The van der Waals surface area contributed by atoms with Gasteiger partial charge in [-0.15, -0.1) is 0 Å². The number of carbonyl (C=O) groups excluding carboxylic acids is 2. The fraction of sp³-hybridized carbons (Fsp3) is 0.840. The minimum absolute atomic E-state index is 0.211. The molecule has 0 aromatic carbocycles. The molecule has 0 aromatic heterocycles. The highest BCUT2D eigenvalue weighted by Gasteiger charge is 2.25. The third-order valence-electron chi connectivity index (χ3n) is 5.74. The molecule has 2 atom stereocenters. The number of carboxylic acids is 1. The fourth-order valence-electron chi connectivity index (χ4n) is 3.62. The number of aliphatic carboxylic acids is 1. The first-order valence-electron chi connectivity index (χ1n) is 12.1. The number of hydrogen-bond acceptors (Lipinski definition) is 4. The number of ether oxygens (including phenoxy) is 1. The summed E-state index contributed by atoms with van der Waals surface area (Å²) in [7, 11) is 3.78. The molecule has 0 N–H and O–H groups in total. The molecule has 0 rings (SSSR count). The summed E-state index contributed by atoms with van der Waals surface area (Å²) in [4.78, 5) is 23.4. The summed E-state index contributed by atoms with van der Waals surface area (Å²) in [6, 6.07) is 0. The lowest BCUT2D eigenvalue weighted by atomic mass is 10.0. The van der Waals surface area contributed by atoms with E-state index in [0.29, 0.717) is 11.0 Å². The number of hydrogen-bond donors (Lipinski definition) is 0. The van der Waals surface area contributed by atoms with Crippen LogP contribution in [0.1, 0.15) is 104 Å². The van der Waals surface area contributed by atoms with E-state index in [1.54, 1.807) is 6.20 Å². The van der Waals surface area contributed by atoms with E-state index in [9.17, 15) is 14.7 Å². The molecule has 0 saturated heterocycles. The topological polar surface area (TPSA) is 66.4 Å². The second-order valence-corrected chi connectivity index (χ2v) is 9.36. The number of carboxylic acid groups (broad SMARTS) is 1. The van der Waals surface area contributed by atoms with Gasteiger partial charge in [-0.1, -0.05) is 90.9 Å². The molecule has 0 bridgehead atoms. The van der Waals surface area contributed by atoms with Crippen LogP contribution in [0.3, 0.4) is 0 Å². The highest BCUT2D eigenvalue weighted by atomic mass is 16.5. The van der Waals surface area contributed by atoms with Crippen LogP contribution >= 0.6 is 0 Å². The average molecular weight is 426 g/mol. The third-order valence-corrected chi connectivity index (χ3v) is 5.74. The Labute approximate surface area is 185 Å². The van der Waals surface area contributed by atoms with E-state index in [0.717, 1.165) is 19.3 Å². The lowest BCUT2D eigenvalue weighted by molar-refractivity contribution is -0.841. The first kappa shape index (κ1) is 28.6. The van der Waals surface area contributed by atoms with Gasteiger partial charge in [-0.05, 0) is 13.0 Å². The van der Waals surface area contributed by atoms with Crippen molar-refractivity contribution in [3.63, 3.8) is 0 Å². The van der Waals surface area contributed by atoms with Gasteiger partial charge in [0.05, 0.1) is 26.2 Å². The van der Waals surface area contributed by atoms with Crippen LogP contribution in [-0.2, 0) is 14.3 Å². The van der Waals surface area contributed by atoms with Crippen LogP contribution < -0.4 is 5.11 Å². The van der Waals surface area contributed by atoms with E-state index >= 15 is 0 Å². The Kier molecular flexibility index (Phi) is 16.5. The lowest BCUT2D eigenvalue weighted by Gasteiger charge is -2.30. The highest BCUT2D eigenvalue weighted by molar-refractivity contribution is 5.73. The van der Waals surface area contributed by atoms with Gasteiger partial charge in [0.15, 0.2) is 6.10 Å². The summed E-state index contributed by atoms with van der Waals surface area (Å²) in [6.07, 6.45) is 17.0. The van der Waals surface area contributed by atoms with Gasteiger partial charge in [-0.3, -0.25) is 9.28 Å². The zero-order chi connectivity index (χ0) is 22.8. The van der Waals surface area contributed by atoms with Crippen LogP contribution in [0.25, 0.3) is 0 Å². The highest BCUT2D eigenvalue weighted by Crippen LogP contribution is 2.17. The summed E-state index contributed by atoms with van der Waals surface area (Å²) in [5.74, 6) is -1.73. The molecule has 5 nitrogen and oxygen atoms in total. The molecule has 0 aliphatic carbocycles. The summed E-state index contributed by atoms with van der Waals surface area (Å²) >= 11 is 0. The lowest BCUT2D eigenvalue weighted by Crippen LogP contribution is -2.44. The zero-order valence-corrected chi connectivity index (χ0v) is 20.1. The molecule has 5 heteroatoms. The molecule has 0 amide bonds. The second kappa shape index (κ2) is 17.3. The first-order chi connectivity index (χ1) is 14.2. The van der Waals surface area contributed by atoms with Crippen LogP contribution in [0.15, 0.2) is 12.8 Å². The normalized spacial score (nSPS) is 13.6. The number of unbranched alkanes of at least 4 members (excludes halogenated alkanes) is 11. The van der Waals surface area contributed by atoms with Gasteiger partial charge in [0, 0.05) is 12.4 Å². The third kappa shape index (κ3) is 16.4. The summed E-state index contributed by atoms with van der Waals surface area (Å²) in [5.41, 5.74) is 0. The molecule has 2 unspecified atom stereocenters. The van der Waals surface area contributed by atoms with Crippen molar-refractivity contribution in [1.82, 2.24) is 0 Å². The number of likely N-dealkylation sites (N-methyl/N-ethyl adjacent to an activating group) is 1. The smallest absolute Gasteiger partial charge is 0.309 e. The Morgan fingerprint density at radius 2 is 1.40 bits per heavy atom. The standard InChI is InChI=1S/C25H47NO4/c1-6-8-9-10-11-12-13-14-15-16-17-18-19-22(3)25(29)30-23(20-24(27)28)21-26(4,5)7-2/h7,22-23H,2,6,8-21H2,1,3-5H3. The zero-order valence-electron chi connectivity index (χ0n) is 20.1. The molecular weight excluding hydrogens is 378 g/mol. The number of quaternary nitrogens is 1. The Balaban J connectivity index is 3.93. The van der Waals surface area contributed by atoms with Crippen molar-refractivity contribution < 1.29 is 23.9 Å². The average Bonchev–Trinajstić information content (AvgIpc) is 2.67. The molecule has 0 aliphatic rings. The van der Waals surface area contributed by atoms with E-state index in [4.69, 9.17) is 4.74 Å². The second-order valence-electron chi connectivity index (χ2n) is 9.36. The SMILES string of the molecule is C=C[N+](C)(C)CC(CC(=O)[O-])OC(=O)C(C)CCCCCCCCCCCCCC. The Hall–Kier alpha value is -1.36. The van der Waals surface area contributed by atoms with E-state index in [2.05, 4.69) is 13.5 Å². The van der Waals surface area contributed by atoms with Crippen molar-refractivity contribution in [2.24, 2.45) is 5.92 Å². The molecule has 0 fully saturated rings. The van der Waals surface area contributed by atoms with Crippen molar-refractivity contribution in [2.75, 3.05) is 20.6 Å². The monoisotopic (exact) mass is 425 g/mol. The number of esters is 1. The first-order valence-corrected chi connectivity index (χ1v) is 12.1. The number of carbonyl (C=O) groups is 2. The molecule has 0 spiro atoms. The summed E-state index contributed by atoms with van der Waals surface area (Å²) in [6.45, 7) is 8.23. The molecular formula is C25H47NO4. The molecule has 176 valence electrons. The van der Waals surface area contributed by atoms with Gasteiger partial charge >= 0.3 is 5.97 Å². The Morgan fingerprint density at radius 1 is 0.933 bits per heavy atom. The predicted octanol–water partition coefficient (Wildman–Crippen LogP) is 4.99. The predicted molar refractivity (Wildman–Crippen MR) is 122 cm³/mol. The summed E-state index contributed by atoms with van der Waals surface area (Å²) < 4.78 is 5.87. The van der Waals surface area contributed by atoms with Crippen molar-refractivity contribution in [2.45, 2.75) is 110 Å². The Bertz CT molecular complexity index is 476. The van der Waals surface area contributed by atoms with E-state index in [1.807, 2.05) is 21.0 Å². The quantitative estimate of drug-likeness (QED) is 0.157. The minimum atomic E-state index is -1.20. The van der Waals surface area contributed by atoms with Crippen molar-refractivity contribution >= 4 is 11.9 Å². The van der Waals surface area contributed by atoms with Crippen LogP contribution in [0.2, 0.25) is 0 Å². The molecule has 0 heterocycles. The maximum Gasteiger partial charge on any atom is 0.309 e. The maximum absolute atomic E-state index is 12.4. The molecule has 0 aliphatic heterocycles. The molecule has 0 radical (unpaired) electrons. The summed E-state index contributed by atoms with van der Waals surface area (Å²) in [5, 5.41) is 11.0. The van der Waals surface area contributed by atoms with Crippen LogP contribution in [0, 0.1) is 5.92 Å². The van der Waals surface area contributed by atoms with E-state index in [-0.39, 0.29) is 18.3 Å². The van der Waals surface area contributed by atoms with Gasteiger partial charge in [-0.2, -0.15) is 0 Å². The molecule has 30 heavy (non-hydrogen) atoms. The van der Waals surface area contributed by atoms with Crippen molar-refractivity contribution in [3.05, 3.63) is 12.8 Å². The minimum Gasteiger partial charge on any atom is -0.550 e. The number of rotatable bonds is 20. The molecule has 0 aromatic rings. The fourth-order valence-corrected chi connectivity index (χ4v) is 3.62. The maximum atomic E-state index is 12.4. The molecule has 0 saturated carbocycles. The van der Waals surface area contributed by atoms with Gasteiger partial charge in [-0.25, -0.2) is 0 Å². The van der Waals surface area contributed by atoms with Gasteiger partial charge in [0.1, 0.15) is 6.54 Å². The number of nitrogens with zero attached hydrogens (tertiary/aromatic N) is 1.